The van der Waals surface area contributed by atoms with E-state index in [9.17, 15) is 18.2 Å². The highest BCUT2D eigenvalue weighted by atomic mass is 31.2. The van der Waals surface area contributed by atoms with Crippen molar-refractivity contribution >= 4 is 17.4 Å². The van der Waals surface area contributed by atoms with E-state index in [1.165, 1.54) is 0 Å². The molecule has 0 heterocycles. The van der Waals surface area contributed by atoms with Crippen LogP contribution in [0.1, 0.15) is 116 Å². The van der Waals surface area contributed by atoms with Gasteiger partial charge in [-0.25, -0.2) is 0 Å². The van der Waals surface area contributed by atoms with Crippen LogP contribution in [0.3, 0.4) is 0 Å². The average molecular weight is 557 g/mol. The van der Waals surface area contributed by atoms with E-state index in [0.717, 1.165) is 22.3 Å². The summed E-state index contributed by atoms with van der Waals surface area (Å²) in [5.41, 5.74) is 3.69. The molecule has 0 spiro atoms. The van der Waals surface area contributed by atoms with Gasteiger partial charge in [-0.2, -0.15) is 0 Å². The van der Waals surface area contributed by atoms with Crippen LogP contribution in [0.5, 0.6) is 11.5 Å². The Morgan fingerprint density at radius 3 is 1.08 bits per heavy atom. The smallest absolute Gasteiger partial charge is 0.423 e. The molecular formula is C29H44F2O4P2. The molecular weight excluding hydrogens is 512 g/mol. The molecule has 0 aliphatic heterocycles. The van der Waals surface area contributed by atoms with Gasteiger partial charge in [0, 0.05) is 17.5 Å². The zero-order valence-corrected chi connectivity index (χ0v) is 26.2. The molecule has 2 N–H and O–H groups in total. The fourth-order valence-corrected chi connectivity index (χ4v) is 4.92. The molecule has 8 heteroatoms. The van der Waals surface area contributed by atoms with Crippen molar-refractivity contribution in [1.82, 2.24) is 0 Å². The lowest BCUT2D eigenvalue weighted by Gasteiger charge is -2.31. The Balaban J connectivity index is 2.99. The quantitative estimate of drug-likeness (QED) is 0.348. The molecule has 0 aliphatic rings. The molecule has 0 fully saturated rings. The van der Waals surface area contributed by atoms with Crippen LogP contribution in [-0.4, -0.2) is 9.79 Å². The molecule has 0 aromatic heterocycles. The molecule has 37 heavy (non-hydrogen) atoms. The predicted molar refractivity (Wildman–Crippen MR) is 152 cm³/mol. The summed E-state index contributed by atoms with van der Waals surface area (Å²) in [5.74, 6) is 0.570. The Kier molecular flexibility index (Phi) is 9.52. The highest BCUT2D eigenvalue weighted by molar-refractivity contribution is 7.40. The molecule has 2 aromatic carbocycles. The van der Waals surface area contributed by atoms with Gasteiger partial charge in [-0.3, -0.25) is 0 Å². The summed E-state index contributed by atoms with van der Waals surface area (Å²) in [5, 5.41) is 0. The Labute approximate surface area is 224 Å². The van der Waals surface area contributed by atoms with Crippen molar-refractivity contribution in [2.75, 3.05) is 0 Å². The first-order valence-electron chi connectivity index (χ1n) is 12.5. The summed E-state index contributed by atoms with van der Waals surface area (Å²) in [6.45, 7) is 24.7. The van der Waals surface area contributed by atoms with Crippen molar-refractivity contribution in [3.8, 4) is 11.5 Å². The topological polar surface area (TPSA) is 58.9 Å². The molecule has 0 radical (unpaired) electrons. The molecule has 4 nitrogen and oxygen atoms in total. The maximum Gasteiger partial charge on any atom is 0.436 e. The maximum atomic E-state index is 14.0. The Morgan fingerprint density at radius 1 is 0.568 bits per heavy atom. The SMILES string of the molecule is CC(C)(C)c1cc(Cc2cc(C(C)(C)C)cc(C(C)(C)C)c2OP(O)F)c(OP(O)F)c(C(C)(C)C)c1. The second kappa shape index (κ2) is 11.0. The fraction of sp³-hybridized carbons (Fsp3) is 0.586. The zero-order valence-electron chi connectivity index (χ0n) is 24.4. The van der Waals surface area contributed by atoms with Gasteiger partial charge in [-0.05, 0) is 43.9 Å². The summed E-state index contributed by atoms with van der Waals surface area (Å²) in [7, 11) is -6.34. The highest BCUT2D eigenvalue weighted by Crippen LogP contribution is 2.48. The summed E-state index contributed by atoms with van der Waals surface area (Å²) in [6.07, 6.45) is 0.233. The lowest BCUT2D eigenvalue weighted by Crippen LogP contribution is -2.20. The minimum atomic E-state index is -3.17. The molecule has 2 aromatic rings. The van der Waals surface area contributed by atoms with Gasteiger partial charge in [0.2, 0.25) is 0 Å². The van der Waals surface area contributed by atoms with E-state index in [1.807, 2.05) is 65.8 Å². The third kappa shape index (κ3) is 8.33. The maximum absolute atomic E-state index is 14.0. The molecule has 0 amide bonds. The summed E-state index contributed by atoms with van der Waals surface area (Å²) < 4.78 is 38.9. The fourth-order valence-electron chi connectivity index (χ4n) is 4.19. The van der Waals surface area contributed by atoms with Gasteiger partial charge in [-0.1, -0.05) is 107 Å². The average Bonchev–Trinajstić information content (AvgIpc) is 2.65. The third-order valence-electron chi connectivity index (χ3n) is 6.39. The number of hydrogen-bond acceptors (Lipinski definition) is 4. The lowest BCUT2D eigenvalue weighted by molar-refractivity contribution is 0.418. The Morgan fingerprint density at radius 2 is 0.865 bits per heavy atom. The number of hydrogen-bond donors (Lipinski definition) is 2. The number of benzene rings is 2. The third-order valence-corrected chi connectivity index (χ3v) is 7.06. The largest absolute Gasteiger partial charge is 0.436 e. The lowest BCUT2D eigenvalue weighted by atomic mass is 9.76. The van der Waals surface area contributed by atoms with Gasteiger partial charge >= 0.3 is 17.4 Å². The van der Waals surface area contributed by atoms with Crippen molar-refractivity contribution in [2.24, 2.45) is 0 Å². The van der Waals surface area contributed by atoms with Crippen LogP contribution in [0.15, 0.2) is 24.3 Å². The van der Waals surface area contributed by atoms with E-state index in [0.29, 0.717) is 11.1 Å². The first-order chi connectivity index (χ1) is 16.5. The van der Waals surface area contributed by atoms with E-state index < -0.39 is 28.2 Å². The van der Waals surface area contributed by atoms with Crippen molar-refractivity contribution in [3.05, 3.63) is 57.6 Å². The summed E-state index contributed by atoms with van der Waals surface area (Å²) in [4.78, 5) is 19.3. The predicted octanol–water partition coefficient (Wildman–Crippen LogP) is 9.60. The molecule has 2 unspecified atom stereocenters. The number of rotatable bonds is 6. The minimum absolute atomic E-state index is 0.214. The second-order valence-corrected chi connectivity index (χ2v) is 15.1. The summed E-state index contributed by atoms with van der Waals surface area (Å²) in [6, 6.07) is 7.95. The van der Waals surface area contributed by atoms with Crippen LogP contribution < -0.4 is 9.05 Å². The van der Waals surface area contributed by atoms with Crippen LogP contribution in [0.2, 0.25) is 0 Å². The molecule has 2 rings (SSSR count). The zero-order chi connectivity index (χ0) is 28.7. The molecule has 0 saturated carbocycles. The normalized spacial score (nSPS) is 14.9. The monoisotopic (exact) mass is 556 g/mol. The molecule has 2 atom stereocenters. The van der Waals surface area contributed by atoms with E-state index in [-0.39, 0.29) is 28.7 Å². The van der Waals surface area contributed by atoms with Crippen molar-refractivity contribution in [2.45, 2.75) is 111 Å². The van der Waals surface area contributed by atoms with E-state index in [2.05, 4.69) is 41.5 Å². The molecule has 208 valence electrons. The van der Waals surface area contributed by atoms with E-state index in [4.69, 9.17) is 9.05 Å². The number of halogens is 2. The highest BCUT2D eigenvalue weighted by Gasteiger charge is 2.31. The Hall–Kier alpha value is -1.32. The first-order valence-corrected chi connectivity index (χ1v) is 14.7. The summed E-state index contributed by atoms with van der Waals surface area (Å²) >= 11 is 0. The van der Waals surface area contributed by atoms with Crippen LogP contribution >= 0.6 is 17.4 Å². The van der Waals surface area contributed by atoms with Gasteiger partial charge in [0.05, 0.1) is 0 Å². The van der Waals surface area contributed by atoms with Crippen LogP contribution in [0.4, 0.5) is 8.39 Å². The van der Waals surface area contributed by atoms with Crippen LogP contribution in [0, 0.1) is 0 Å². The minimum Gasteiger partial charge on any atom is -0.423 e. The second-order valence-electron chi connectivity index (χ2n) is 13.8. The van der Waals surface area contributed by atoms with Gasteiger partial charge in [0.25, 0.3) is 0 Å². The van der Waals surface area contributed by atoms with Crippen molar-refractivity contribution in [1.29, 1.82) is 0 Å². The van der Waals surface area contributed by atoms with Crippen molar-refractivity contribution in [3.63, 3.8) is 0 Å². The van der Waals surface area contributed by atoms with E-state index in [1.54, 1.807) is 0 Å². The standard InChI is InChI=1S/C29H44F2O4P2/c1-26(2,3)20-14-18(24(34-36(30)32)22(16-20)28(7,8)9)13-19-15-21(27(4,5)6)17-23(29(10,11)12)25(19)35-37(31)33/h14-17,32-33H,13H2,1-12H3. The van der Waals surface area contributed by atoms with Gasteiger partial charge < -0.3 is 18.8 Å². The van der Waals surface area contributed by atoms with Gasteiger partial charge in [-0.15, -0.1) is 8.39 Å². The van der Waals surface area contributed by atoms with Crippen LogP contribution in [-0.2, 0) is 28.1 Å². The van der Waals surface area contributed by atoms with Crippen molar-refractivity contribution < 1.29 is 27.2 Å². The van der Waals surface area contributed by atoms with Crippen LogP contribution in [0.25, 0.3) is 0 Å². The molecule has 0 aliphatic carbocycles. The molecule has 0 saturated heterocycles. The van der Waals surface area contributed by atoms with E-state index >= 15 is 0 Å². The Bertz CT molecular complexity index is 1020. The first kappa shape index (κ1) is 31.9. The molecule has 0 bridgehead atoms. The van der Waals surface area contributed by atoms with Gasteiger partial charge in [0.15, 0.2) is 0 Å². The van der Waals surface area contributed by atoms with Gasteiger partial charge in [0.1, 0.15) is 11.5 Å².